The lowest BCUT2D eigenvalue weighted by molar-refractivity contribution is 0.191. The molecule has 0 aliphatic rings. The van der Waals surface area contributed by atoms with Crippen LogP contribution in [0.3, 0.4) is 0 Å². The molecule has 4 aromatic rings. The number of sulfonamides is 1. The third kappa shape index (κ3) is 5.59. The van der Waals surface area contributed by atoms with E-state index < -0.39 is 21.9 Å². The summed E-state index contributed by atoms with van der Waals surface area (Å²) in [5.41, 5.74) is 1.45. The number of hydrogen-bond acceptors (Lipinski definition) is 11. The van der Waals surface area contributed by atoms with Crippen LogP contribution in [0, 0.1) is 6.92 Å². The van der Waals surface area contributed by atoms with Crippen LogP contribution in [-0.2, 0) is 10.0 Å². The number of hydrogen-bond donors (Lipinski definition) is 2. The Labute approximate surface area is 213 Å². The normalized spacial score (nSPS) is 12.1. The van der Waals surface area contributed by atoms with E-state index in [9.17, 15) is 13.5 Å². The van der Waals surface area contributed by atoms with Crippen LogP contribution in [0.2, 0.25) is 0 Å². The molecular formula is C23H25N7O6S. The SMILES string of the molecule is COc1cccc(-c2nnc(NS(=O)(=O)CC(O)c3ncc(C)cn3)n2-c2c(OC)cccc2OC)n1. The van der Waals surface area contributed by atoms with Crippen molar-refractivity contribution < 1.29 is 27.7 Å². The lowest BCUT2D eigenvalue weighted by Gasteiger charge is -2.18. The van der Waals surface area contributed by atoms with Crippen molar-refractivity contribution in [1.82, 2.24) is 29.7 Å². The second-order valence-electron chi connectivity index (χ2n) is 7.78. The van der Waals surface area contributed by atoms with Crippen LogP contribution in [0.1, 0.15) is 17.5 Å². The van der Waals surface area contributed by atoms with Crippen LogP contribution in [0.15, 0.2) is 48.8 Å². The molecule has 0 fully saturated rings. The van der Waals surface area contributed by atoms with Gasteiger partial charge < -0.3 is 19.3 Å². The summed E-state index contributed by atoms with van der Waals surface area (Å²) in [5.74, 6) is 0.293. The first-order chi connectivity index (χ1) is 17.8. The molecule has 13 nitrogen and oxygen atoms in total. The summed E-state index contributed by atoms with van der Waals surface area (Å²) in [6, 6.07) is 10.1. The molecule has 0 spiro atoms. The van der Waals surface area contributed by atoms with Gasteiger partial charge in [-0.05, 0) is 30.7 Å². The summed E-state index contributed by atoms with van der Waals surface area (Å²) < 4.78 is 46.3. The van der Waals surface area contributed by atoms with Gasteiger partial charge in [-0.3, -0.25) is 9.29 Å². The van der Waals surface area contributed by atoms with Gasteiger partial charge in [-0.1, -0.05) is 12.1 Å². The third-order valence-electron chi connectivity index (χ3n) is 5.17. The molecule has 0 amide bonds. The molecule has 2 N–H and O–H groups in total. The molecule has 194 valence electrons. The molecule has 1 atom stereocenters. The molecule has 0 aliphatic carbocycles. The van der Waals surface area contributed by atoms with Gasteiger partial charge >= 0.3 is 0 Å². The van der Waals surface area contributed by atoms with Gasteiger partial charge in [-0.25, -0.2) is 23.4 Å². The predicted molar refractivity (Wildman–Crippen MR) is 133 cm³/mol. The molecule has 37 heavy (non-hydrogen) atoms. The fourth-order valence-electron chi connectivity index (χ4n) is 3.47. The highest BCUT2D eigenvalue weighted by atomic mass is 32.2. The number of anilines is 1. The van der Waals surface area contributed by atoms with Crippen LogP contribution in [-0.4, -0.2) is 70.3 Å². The monoisotopic (exact) mass is 527 g/mol. The van der Waals surface area contributed by atoms with Crippen LogP contribution in [0.4, 0.5) is 5.95 Å². The van der Waals surface area contributed by atoms with Gasteiger partial charge in [0.15, 0.2) is 11.6 Å². The Morgan fingerprint density at radius 1 is 0.973 bits per heavy atom. The van der Waals surface area contributed by atoms with E-state index in [1.165, 1.54) is 38.3 Å². The van der Waals surface area contributed by atoms with E-state index in [-0.39, 0.29) is 17.6 Å². The molecular weight excluding hydrogens is 502 g/mol. The Balaban J connectivity index is 1.80. The Morgan fingerprint density at radius 2 is 1.62 bits per heavy atom. The maximum atomic E-state index is 13.1. The van der Waals surface area contributed by atoms with Gasteiger partial charge in [0.05, 0.1) is 21.3 Å². The van der Waals surface area contributed by atoms with Crippen molar-refractivity contribution in [1.29, 1.82) is 0 Å². The molecule has 0 radical (unpaired) electrons. The second kappa shape index (κ2) is 10.8. The Bertz CT molecular complexity index is 1470. The number of benzene rings is 1. The van der Waals surface area contributed by atoms with Crippen LogP contribution in [0.25, 0.3) is 17.2 Å². The minimum atomic E-state index is -4.17. The molecule has 1 aromatic carbocycles. The van der Waals surface area contributed by atoms with Crippen molar-refractivity contribution >= 4 is 16.0 Å². The topological polar surface area (TPSA) is 163 Å². The molecule has 0 saturated heterocycles. The second-order valence-corrected chi connectivity index (χ2v) is 9.54. The molecule has 3 heterocycles. The lowest BCUT2D eigenvalue weighted by Crippen LogP contribution is -2.24. The zero-order valence-corrected chi connectivity index (χ0v) is 21.3. The number of aliphatic hydroxyl groups excluding tert-OH is 1. The summed E-state index contributed by atoms with van der Waals surface area (Å²) in [7, 11) is 0.234. The maximum Gasteiger partial charge on any atom is 0.243 e. The van der Waals surface area contributed by atoms with Gasteiger partial charge in [-0.15, -0.1) is 10.2 Å². The number of para-hydroxylation sites is 1. The number of rotatable bonds is 10. The van der Waals surface area contributed by atoms with Crippen LogP contribution in [0.5, 0.6) is 17.4 Å². The molecule has 14 heteroatoms. The number of aromatic nitrogens is 6. The van der Waals surface area contributed by atoms with Crippen molar-refractivity contribution in [2.24, 2.45) is 0 Å². The minimum absolute atomic E-state index is 0.0230. The molecule has 0 saturated carbocycles. The highest BCUT2D eigenvalue weighted by molar-refractivity contribution is 7.92. The fourth-order valence-corrected chi connectivity index (χ4v) is 4.53. The van der Waals surface area contributed by atoms with E-state index >= 15 is 0 Å². The van der Waals surface area contributed by atoms with Gasteiger partial charge in [0.2, 0.25) is 21.9 Å². The summed E-state index contributed by atoms with van der Waals surface area (Å²) >= 11 is 0. The molecule has 0 bridgehead atoms. The molecule has 4 rings (SSSR count). The van der Waals surface area contributed by atoms with Crippen molar-refractivity contribution in [3.63, 3.8) is 0 Å². The van der Waals surface area contributed by atoms with Crippen molar-refractivity contribution in [3.8, 4) is 34.6 Å². The average molecular weight is 528 g/mol. The van der Waals surface area contributed by atoms with Crippen molar-refractivity contribution in [3.05, 3.63) is 60.2 Å². The van der Waals surface area contributed by atoms with E-state index in [4.69, 9.17) is 14.2 Å². The van der Waals surface area contributed by atoms with E-state index in [1.54, 1.807) is 43.3 Å². The molecule has 3 aromatic heterocycles. The van der Waals surface area contributed by atoms with E-state index in [0.717, 1.165) is 5.56 Å². The van der Waals surface area contributed by atoms with Crippen molar-refractivity contribution in [2.45, 2.75) is 13.0 Å². The standard InChI is InChI=1S/C23H25N7O6S/c1-14-11-24-21(25-12-14)16(31)13-37(32,33)29-23-28-27-22(15-7-5-10-19(26-15)36-4)30(23)20-17(34-2)8-6-9-18(20)35-3/h5-12,16,31H,13H2,1-4H3,(H,28,29). The summed E-state index contributed by atoms with van der Waals surface area (Å²) in [4.78, 5) is 12.4. The number of methoxy groups -OCH3 is 3. The van der Waals surface area contributed by atoms with E-state index in [1.807, 2.05) is 0 Å². The Morgan fingerprint density at radius 3 is 2.24 bits per heavy atom. The first kappa shape index (κ1) is 25.8. The quantitative estimate of drug-likeness (QED) is 0.310. The maximum absolute atomic E-state index is 13.1. The highest BCUT2D eigenvalue weighted by Gasteiger charge is 2.28. The number of nitrogens with zero attached hydrogens (tertiary/aromatic N) is 6. The Hall–Kier alpha value is -4.30. The van der Waals surface area contributed by atoms with Crippen LogP contribution >= 0.6 is 0 Å². The van der Waals surface area contributed by atoms with Crippen molar-refractivity contribution in [2.75, 3.05) is 31.8 Å². The smallest absolute Gasteiger partial charge is 0.243 e. The van der Waals surface area contributed by atoms with Gasteiger partial charge in [0.25, 0.3) is 0 Å². The number of pyridine rings is 1. The molecule has 1 unspecified atom stereocenters. The number of aryl methyl sites for hydroxylation is 1. The summed E-state index contributed by atoms with van der Waals surface area (Å²) in [6.45, 7) is 1.78. The van der Waals surface area contributed by atoms with E-state index in [2.05, 4.69) is 29.9 Å². The first-order valence-electron chi connectivity index (χ1n) is 10.9. The zero-order valence-electron chi connectivity index (χ0n) is 20.5. The van der Waals surface area contributed by atoms with Gasteiger partial charge in [0, 0.05) is 18.5 Å². The third-order valence-corrected chi connectivity index (χ3v) is 6.42. The van der Waals surface area contributed by atoms with E-state index in [0.29, 0.717) is 28.8 Å². The fraction of sp³-hybridized carbons (Fsp3) is 0.261. The largest absolute Gasteiger partial charge is 0.494 e. The Kier molecular flexibility index (Phi) is 7.50. The minimum Gasteiger partial charge on any atom is -0.494 e. The van der Waals surface area contributed by atoms with Crippen LogP contribution < -0.4 is 18.9 Å². The summed E-state index contributed by atoms with van der Waals surface area (Å²) in [6.07, 6.45) is 1.50. The highest BCUT2D eigenvalue weighted by Crippen LogP contribution is 2.37. The number of ether oxygens (including phenoxy) is 3. The predicted octanol–water partition coefficient (Wildman–Crippen LogP) is 1.93. The molecule has 0 aliphatic heterocycles. The van der Waals surface area contributed by atoms with Gasteiger partial charge in [0.1, 0.15) is 34.7 Å². The average Bonchev–Trinajstić information content (AvgIpc) is 3.30. The summed E-state index contributed by atoms with van der Waals surface area (Å²) in [5, 5.41) is 18.7. The zero-order chi connectivity index (χ0) is 26.6. The first-order valence-corrected chi connectivity index (χ1v) is 12.6. The number of aliphatic hydroxyl groups is 1. The van der Waals surface area contributed by atoms with Gasteiger partial charge in [-0.2, -0.15) is 0 Å². The lowest BCUT2D eigenvalue weighted by atomic mass is 10.2. The number of nitrogens with one attached hydrogen (secondary N) is 1.